The Morgan fingerprint density at radius 2 is 0.824 bits per heavy atom. The van der Waals surface area contributed by atoms with E-state index in [-0.39, 0.29) is 0 Å². The molecule has 186 valence electrons. The molecular formula is C25H37NO6Si2. The summed E-state index contributed by atoms with van der Waals surface area (Å²) in [7, 11) is -6.02. The Labute approximate surface area is 205 Å². The molecule has 0 saturated heterocycles. The largest absolute Gasteiger partial charge is 0.537 e. The number of hydrogen-bond acceptors (Lipinski definition) is 7. The molecule has 34 heavy (non-hydrogen) atoms. The van der Waals surface area contributed by atoms with Crippen molar-refractivity contribution in [2.75, 3.05) is 39.6 Å². The molecule has 3 aromatic rings. The fraction of sp³-hybridized carbons (Fsp3) is 0.480. The van der Waals surface area contributed by atoms with Crippen LogP contribution in [0.4, 0.5) is 0 Å². The highest BCUT2D eigenvalue weighted by molar-refractivity contribution is 6.76. The predicted molar refractivity (Wildman–Crippen MR) is 140 cm³/mol. The minimum atomic E-state index is -3.01. The van der Waals surface area contributed by atoms with Crippen molar-refractivity contribution < 1.29 is 26.6 Å². The smallest absolute Gasteiger partial charge is 0.370 e. The van der Waals surface area contributed by atoms with Gasteiger partial charge >= 0.3 is 17.6 Å². The highest BCUT2D eigenvalue weighted by Crippen LogP contribution is 2.22. The van der Waals surface area contributed by atoms with Crippen LogP contribution in [0.5, 0.6) is 0 Å². The van der Waals surface area contributed by atoms with Crippen LogP contribution in [0.15, 0.2) is 42.5 Å². The molecule has 1 heterocycles. The van der Waals surface area contributed by atoms with E-state index in [0.717, 1.165) is 32.2 Å². The van der Waals surface area contributed by atoms with E-state index in [1.165, 1.54) is 0 Å². The van der Waals surface area contributed by atoms with Crippen molar-refractivity contribution in [2.45, 2.75) is 41.5 Å². The van der Waals surface area contributed by atoms with E-state index < -0.39 is 17.6 Å². The maximum Gasteiger partial charge on any atom is 0.537 e. The third-order valence-corrected chi connectivity index (χ3v) is 11.4. The molecule has 0 atom stereocenters. The molecule has 9 heteroatoms. The van der Waals surface area contributed by atoms with Gasteiger partial charge in [-0.3, -0.25) is 0 Å². The Hall–Kier alpha value is -1.70. The summed E-state index contributed by atoms with van der Waals surface area (Å²) in [6.45, 7) is 14.9. The first-order valence-electron chi connectivity index (χ1n) is 12.2. The molecule has 0 saturated carbocycles. The Morgan fingerprint density at radius 3 is 1.12 bits per heavy atom. The molecule has 0 unspecified atom stereocenters. The molecule has 0 aliphatic heterocycles. The number of benzene rings is 2. The maximum atomic E-state index is 6.11. The highest BCUT2D eigenvalue weighted by Gasteiger charge is 2.44. The van der Waals surface area contributed by atoms with E-state index in [4.69, 9.17) is 31.5 Å². The molecule has 0 radical (unpaired) electrons. The second-order valence-electron chi connectivity index (χ2n) is 7.51. The summed E-state index contributed by atoms with van der Waals surface area (Å²) < 4.78 is 36.6. The van der Waals surface area contributed by atoms with Crippen LogP contribution < -0.4 is 10.4 Å². The Bertz CT molecular complexity index is 965. The van der Waals surface area contributed by atoms with E-state index in [0.29, 0.717) is 39.6 Å². The van der Waals surface area contributed by atoms with Gasteiger partial charge in [0.1, 0.15) is 0 Å². The molecule has 0 amide bonds. The minimum Gasteiger partial charge on any atom is -0.370 e. The number of pyridine rings is 1. The lowest BCUT2D eigenvalue weighted by molar-refractivity contribution is 0.0852. The van der Waals surface area contributed by atoms with Crippen LogP contribution in [-0.4, -0.2) is 62.2 Å². The first kappa shape index (κ1) is 26.9. The van der Waals surface area contributed by atoms with Gasteiger partial charge in [-0.1, -0.05) is 12.1 Å². The minimum absolute atomic E-state index is 0.516. The summed E-state index contributed by atoms with van der Waals surface area (Å²) in [5.74, 6) is 0. The number of nitrogens with zero attached hydrogens (tertiary/aromatic N) is 1. The van der Waals surface area contributed by atoms with E-state index in [2.05, 4.69) is 18.2 Å². The third kappa shape index (κ3) is 5.58. The van der Waals surface area contributed by atoms with Gasteiger partial charge in [0.25, 0.3) is 0 Å². The van der Waals surface area contributed by atoms with Crippen molar-refractivity contribution in [1.82, 2.24) is 4.98 Å². The Balaban J connectivity index is 2.14. The average molecular weight is 504 g/mol. The second-order valence-corrected chi connectivity index (χ2v) is 12.6. The zero-order valence-electron chi connectivity index (χ0n) is 21.2. The van der Waals surface area contributed by atoms with E-state index >= 15 is 0 Å². The van der Waals surface area contributed by atoms with Gasteiger partial charge < -0.3 is 26.6 Å². The summed E-state index contributed by atoms with van der Waals surface area (Å²) in [4.78, 5) is 4.89. The molecule has 0 fully saturated rings. The molecular weight excluding hydrogens is 466 g/mol. The molecule has 0 aliphatic carbocycles. The summed E-state index contributed by atoms with van der Waals surface area (Å²) in [6, 6.07) is 14.4. The SMILES string of the molecule is CCO[Si](OCC)(OCC)c1ccc2nc3ccc([Si](OCC)(OCC)OCC)cc3cc2c1. The predicted octanol–water partition coefficient (Wildman–Crippen LogP) is 3.90. The normalized spacial score (nSPS) is 12.6. The van der Waals surface area contributed by atoms with E-state index in [1.807, 2.05) is 65.8 Å². The summed E-state index contributed by atoms with van der Waals surface area (Å²) in [5, 5.41) is 3.86. The molecule has 0 aliphatic rings. The van der Waals surface area contributed by atoms with Gasteiger partial charge in [0.15, 0.2) is 0 Å². The average Bonchev–Trinajstić information content (AvgIpc) is 2.83. The maximum absolute atomic E-state index is 6.11. The second kappa shape index (κ2) is 12.3. The lowest BCUT2D eigenvalue weighted by atomic mass is 10.1. The summed E-state index contributed by atoms with van der Waals surface area (Å²) in [6.07, 6.45) is 0. The van der Waals surface area contributed by atoms with Gasteiger partial charge in [0.05, 0.1) is 11.0 Å². The standard InChI is InChI=1S/C25H37NO6Si2/c1-7-27-33(28-8-2,29-9-3)22-13-15-24-20(18-22)17-21-19-23(14-16-25(21)26-24)34(30-10-4,31-11-5)32-12-6/h13-19H,7-12H2,1-6H3. The quantitative estimate of drug-likeness (QED) is 0.244. The number of hydrogen-bond donors (Lipinski definition) is 0. The molecule has 7 nitrogen and oxygen atoms in total. The van der Waals surface area contributed by atoms with Gasteiger partial charge in [0, 0.05) is 60.8 Å². The molecule has 0 spiro atoms. The van der Waals surface area contributed by atoms with E-state index in [9.17, 15) is 0 Å². The van der Waals surface area contributed by atoms with Crippen molar-refractivity contribution in [3.63, 3.8) is 0 Å². The van der Waals surface area contributed by atoms with Gasteiger partial charge in [-0.2, -0.15) is 0 Å². The van der Waals surface area contributed by atoms with Crippen LogP contribution >= 0.6 is 0 Å². The number of aromatic nitrogens is 1. The summed E-state index contributed by atoms with van der Waals surface area (Å²) in [5.41, 5.74) is 1.80. The first-order valence-corrected chi connectivity index (χ1v) is 15.6. The van der Waals surface area contributed by atoms with Crippen LogP contribution in [0.3, 0.4) is 0 Å². The van der Waals surface area contributed by atoms with Gasteiger partial charge in [-0.25, -0.2) is 4.98 Å². The molecule has 0 N–H and O–H groups in total. The molecule has 1 aromatic heterocycles. The zero-order valence-corrected chi connectivity index (χ0v) is 23.2. The number of rotatable bonds is 14. The van der Waals surface area contributed by atoms with Gasteiger partial charge in [0.2, 0.25) is 0 Å². The van der Waals surface area contributed by atoms with Gasteiger partial charge in [-0.15, -0.1) is 0 Å². The highest BCUT2D eigenvalue weighted by atomic mass is 28.4. The fourth-order valence-electron chi connectivity index (χ4n) is 4.11. The van der Waals surface area contributed by atoms with Crippen LogP contribution in [0.2, 0.25) is 0 Å². The van der Waals surface area contributed by atoms with Crippen molar-refractivity contribution in [1.29, 1.82) is 0 Å². The van der Waals surface area contributed by atoms with Crippen molar-refractivity contribution in [3.8, 4) is 0 Å². The molecule has 2 aromatic carbocycles. The summed E-state index contributed by atoms with van der Waals surface area (Å²) >= 11 is 0. The molecule has 0 bridgehead atoms. The van der Waals surface area contributed by atoms with Crippen LogP contribution in [-0.2, 0) is 26.6 Å². The lowest BCUT2D eigenvalue weighted by Crippen LogP contribution is -2.57. The zero-order chi connectivity index (χ0) is 24.6. The van der Waals surface area contributed by atoms with Crippen LogP contribution in [0.25, 0.3) is 21.8 Å². The Morgan fingerprint density at radius 1 is 0.500 bits per heavy atom. The Kier molecular flexibility index (Phi) is 9.75. The van der Waals surface area contributed by atoms with Crippen molar-refractivity contribution in [3.05, 3.63) is 42.5 Å². The monoisotopic (exact) mass is 503 g/mol. The van der Waals surface area contributed by atoms with Gasteiger partial charge in [-0.05, 0) is 71.9 Å². The topological polar surface area (TPSA) is 68.3 Å². The lowest BCUT2D eigenvalue weighted by Gasteiger charge is -2.29. The number of fused-ring (bicyclic) bond motifs is 2. The van der Waals surface area contributed by atoms with Crippen LogP contribution in [0, 0.1) is 0 Å². The fourth-order valence-corrected chi connectivity index (χ4v) is 9.13. The van der Waals surface area contributed by atoms with Crippen molar-refractivity contribution >= 4 is 49.8 Å². The first-order chi connectivity index (χ1) is 16.5. The van der Waals surface area contributed by atoms with Crippen LogP contribution in [0.1, 0.15) is 41.5 Å². The van der Waals surface area contributed by atoms with Crippen molar-refractivity contribution in [2.24, 2.45) is 0 Å². The van der Waals surface area contributed by atoms with E-state index in [1.54, 1.807) is 0 Å². The molecule has 3 rings (SSSR count). The third-order valence-electron chi connectivity index (χ3n) is 5.32.